The van der Waals surface area contributed by atoms with Crippen molar-refractivity contribution < 1.29 is 9.62 Å². The van der Waals surface area contributed by atoms with Gasteiger partial charge < -0.3 is 9.62 Å². The molecule has 3 nitrogen and oxygen atoms in total. The van der Waals surface area contributed by atoms with Gasteiger partial charge in [-0.1, -0.05) is 35.5 Å². The van der Waals surface area contributed by atoms with Gasteiger partial charge in [-0.15, -0.1) is 0 Å². The summed E-state index contributed by atoms with van der Waals surface area (Å²) >= 11 is 0. The van der Waals surface area contributed by atoms with Gasteiger partial charge in [0, 0.05) is 5.92 Å². The summed E-state index contributed by atoms with van der Waals surface area (Å²) < 4.78 is 5.28. The van der Waals surface area contributed by atoms with Crippen molar-refractivity contribution in [3.05, 3.63) is 60.1 Å². The third-order valence-corrected chi connectivity index (χ3v) is 3.25. The first-order valence-corrected chi connectivity index (χ1v) is 5.71. The van der Waals surface area contributed by atoms with Gasteiger partial charge in [0.2, 0.25) is 0 Å². The van der Waals surface area contributed by atoms with Crippen molar-refractivity contribution in [2.75, 3.05) is 0 Å². The summed E-state index contributed by atoms with van der Waals surface area (Å²) in [6.07, 6.45) is 2.62. The third-order valence-electron chi connectivity index (χ3n) is 3.25. The molecular weight excluding hydrogens is 214 g/mol. The summed E-state index contributed by atoms with van der Waals surface area (Å²) in [5.41, 5.74) is 1.95. The minimum Gasteiger partial charge on any atom is -0.463 e. The van der Waals surface area contributed by atoms with Crippen molar-refractivity contribution >= 4 is 5.71 Å². The van der Waals surface area contributed by atoms with Crippen molar-refractivity contribution in [2.24, 2.45) is 11.1 Å². The van der Waals surface area contributed by atoms with E-state index in [1.54, 1.807) is 12.3 Å². The van der Waals surface area contributed by atoms with E-state index in [-0.39, 0.29) is 5.92 Å². The second-order valence-electron chi connectivity index (χ2n) is 4.32. The number of furan rings is 1. The predicted octanol–water partition coefficient (Wildman–Crippen LogP) is 3.26. The zero-order valence-corrected chi connectivity index (χ0v) is 9.28. The van der Waals surface area contributed by atoms with E-state index in [0.717, 1.165) is 6.42 Å². The molecule has 2 aromatic rings. The minimum atomic E-state index is 0.272. The zero-order valence-electron chi connectivity index (χ0n) is 9.28. The van der Waals surface area contributed by atoms with Crippen LogP contribution >= 0.6 is 0 Å². The predicted molar refractivity (Wildman–Crippen MR) is 64.3 cm³/mol. The van der Waals surface area contributed by atoms with E-state index in [1.165, 1.54) is 5.56 Å². The lowest BCUT2D eigenvalue weighted by atomic mass is 10.1. The molecule has 2 atom stereocenters. The number of oxime groups is 1. The molecule has 0 bridgehead atoms. The minimum absolute atomic E-state index is 0.272. The van der Waals surface area contributed by atoms with Crippen LogP contribution in [0.1, 0.15) is 23.7 Å². The van der Waals surface area contributed by atoms with Gasteiger partial charge in [-0.05, 0) is 30.0 Å². The Kier molecular flexibility index (Phi) is 2.44. The first-order chi connectivity index (χ1) is 8.40. The lowest BCUT2D eigenvalue weighted by Gasteiger charge is -2.01. The molecule has 0 amide bonds. The molecule has 17 heavy (non-hydrogen) atoms. The molecule has 86 valence electrons. The molecule has 2 unspecified atom stereocenters. The van der Waals surface area contributed by atoms with Crippen LogP contribution in [0.25, 0.3) is 0 Å². The Bertz CT molecular complexity index is 516. The van der Waals surface area contributed by atoms with Crippen LogP contribution in [0.2, 0.25) is 0 Å². The monoisotopic (exact) mass is 227 g/mol. The highest BCUT2D eigenvalue weighted by Crippen LogP contribution is 2.49. The first kappa shape index (κ1) is 10.1. The van der Waals surface area contributed by atoms with Crippen LogP contribution < -0.4 is 0 Å². The van der Waals surface area contributed by atoms with Gasteiger partial charge in [0.15, 0.2) is 5.76 Å². The largest absolute Gasteiger partial charge is 0.463 e. The van der Waals surface area contributed by atoms with Gasteiger partial charge in [0.1, 0.15) is 5.71 Å². The summed E-state index contributed by atoms with van der Waals surface area (Å²) in [4.78, 5) is 0. The lowest BCUT2D eigenvalue weighted by molar-refractivity contribution is 0.316. The molecule has 1 heterocycles. The molecule has 0 aliphatic heterocycles. The van der Waals surface area contributed by atoms with E-state index in [4.69, 9.17) is 9.62 Å². The molecule has 1 aliphatic carbocycles. The summed E-state index contributed by atoms with van der Waals surface area (Å²) in [6, 6.07) is 13.9. The molecule has 1 N–H and O–H groups in total. The van der Waals surface area contributed by atoms with Crippen LogP contribution in [0.15, 0.2) is 58.3 Å². The highest BCUT2D eigenvalue weighted by molar-refractivity contribution is 6.02. The highest BCUT2D eigenvalue weighted by atomic mass is 16.4. The van der Waals surface area contributed by atoms with E-state index in [0.29, 0.717) is 17.4 Å². The van der Waals surface area contributed by atoms with Gasteiger partial charge in [0.05, 0.1) is 6.26 Å². The number of benzene rings is 1. The summed E-state index contributed by atoms with van der Waals surface area (Å²) in [5.74, 6) is 1.39. The van der Waals surface area contributed by atoms with Crippen LogP contribution in [0.3, 0.4) is 0 Å². The normalized spacial score (nSPS) is 23.6. The van der Waals surface area contributed by atoms with E-state index < -0.39 is 0 Å². The molecule has 0 radical (unpaired) electrons. The smallest absolute Gasteiger partial charge is 0.151 e. The fourth-order valence-electron chi connectivity index (χ4n) is 2.30. The maximum Gasteiger partial charge on any atom is 0.151 e. The molecule has 1 aromatic heterocycles. The van der Waals surface area contributed by atoms with Crippen molar-refractivity contribution in [3.8, 4) is 0 Å². The van der Waals surface area contributed by atoms with Crippen LogP contribution in [0, 0.1) is 5.92 Å². The number of hydrogen-bond acceptors (Lipinski definition) is 3. The summed E-state index contributed by atoms with van der Waals surface area (Å²) in [7, 11) is 0. The van der Waals surface area contributed by atoms with Crippen molar-refractivity contribution in [1.82, 2.24) is 0 Å². The Morgan fingerprint density at radius 1 is 1.18 bits per heavy atom. The lowest BCUT2D eigenvalue weighted by Crippen LogP contribution is -2.03. The molecule has 3 heteroatoms. The van der Waals surface area contributed by atoms with Crippen LogP contribution in [0.5, 0.6) is 0 Å². The Morgan fingerprint density at radius 3 is 2.65 bits per heavy atom. The first-order valence-electron chi connectivity index (χ1n) is 5.71. The highest BCUT2D eigenvalue weighted by Gasteiger charge is 2.43. The molecule has 1 aromatic carbocycles. The van der Waals surface area contributed by atoms with Gasteiger partial charge in [-0.3, -0.25) is 0 Å². The van der Waals surface area contributed by atoms with Gasteiger partial charge >= 0.3 is 0 Å². The van der Waals surface area contributed by atoms with E-state index in [1.807, 2.05) is 24.3 Å². The summed E-state index contributed by atoms with van der Waals surface area (Å²) in [6.45, 7) is 0. The standard InChI is InChI=1S/C14H13NO2/c16-15-14(13-7-4-8-17-13)12-9-11(12)10-5-2-1-3-6-10/h1-8,11-12,16H,9H2. The Hall–Kier alpha value is -2.03. The van der Waals surface area contributed by atoms with Crippen molar-refractivity contribution in [2.45, 2.75) is 12.3 Å². The van der Waals surface area contributed by atoms with E-state index >= 15 is 0 Å². The summed E-state index contributed by atoms with van der Waals surface area (Å²) in [5, 5.41) is 12.5. The van der Waals surface area contributed by atoms with Crippen LogP contribution in [0.4, 0.5) is 0 Å². The maximum absolute atomic E-state index is 9.10. The topological polar surface area (TPSA) is 45.7 Å². The second kappa shape index (κ2) is 4.09. The van der Waals surface area contributed by atoms with Gasteiger partial charge in [-0.2, -0.15) is 0 Å². The molecule has 3 rings (SSSR count). The number of nitrogens with zero attached hydrogens (tertiary/aromatic N) is 1. The average Bonchev–Trinajstić information content (AvgIpc) is 2.97. The van der Waals surface area contributed by atoms with Crippen molar-refractivity contribution in [3.63, 3.8) is 0 Å². The molecular formula is C14H13NO2. The average molecular weight is 227 g/mol. The number of hydrogen-bond donors (Lipinski definition) is 1. The van der Waals surface area contributed by atoms with Crippen LogP contribution in [-0.2, 0) is 0 Å². The van der Waals surface area contributed by atoms with Crippen molar-refractivity contribution in [1.29, 1.82) is 0 Å². The molecule has 0 saturated heterocycles. The third kappa shape index (κ3) is 1.84. The quantitative estimate of drug-likeness (QED) is 0.497. The van der Waals surface area contributed by atoms with E-state index in [2.05, 4.69) is 17.3 Å². The Balaban J connectivity index is 1.81. The van der Waals surface area contributed by atoms with Gasteiger partial charge in [-0.25, -0.2) is 0 Å². The fraction of sp³-hybridized carbons (Fsp3) is 0.214. The maximum atomic E-state index is 9.10. The number of rotatable bonds is 3. The van der Waals surface area contributed by atoms with E-state index in [9.17, 15) is 0 Å². The Labute approximate surface area is 99.4 Å². The molecule has 0 spiro atoms. The molecule has 1 aliphatic rings. The van der Waals surface area contributed by atoms with Crippen LogP contribution in [-0.4, -0.2) is 10.9 Å². The second-order valence-corrected chi connectivity index (χ2v) is 4.32. The van der Waals surface area contributed by atoms with Gasteiger partial charge in [0.25, 0.3) is 0 Å². The zero-order chi connectivity index (χ0) is 11.7. The molecule has 1 fully saturated rings. The molecule has 1 saturated carbocycles. The SMILES string of the molecule is ON=C(c1ccco1)C1CC1c1ccccc1. The Morgan fingerprint density at radius 2 is 2.00 bits per heavy atom. The fourth-order valence-corrected chi connectivity index (χ4v) is 2.30.